The largest absolute Gasteiger partial charge is 0.495 e. The van der Waals surface area contributed by atoms with Gasteiger partial charge in [0.1, 0.15) is 17.2 Å². The first kappa shape index (κ1) is 44.0. The van der Waals surface area contributed by atoms with Crippen LogP contribution in [0, 0.1) is 6.92 Å². The quantitative estimate of drug-likeness (QED) is 0.142. The Morgan fingerprint density at radius 1 is 0.780 bits per heavy atom. The average Bonchev–Trinajstić information content (AvgIpc) is 3.08. The Labute approximate surface area is 309 Å². The molecule has 11 nitrogen and oxygen atoms in total. The Morgan fingerprint density at radius 3 is 2.18 bits per heavy atom. The molecular formula is C37H53Cl2N5O6. The third kappa shape index (κ3) is 13.4. The Morgan fingerprint density at radius 2 is 1.48 bits per heavy atom. The molecule has 0 heterocycles. The molecule has 0 aromatic heterocycles. The second-order valence-corrected chi connectivity index (χ2v) is 12.0. The summed E-state index contributed by atoms with van der Waals surface area (Å²) in [6.45, 7) is 4.88. The number of methoxy groups -OCH3 is 1. The van der Waals surface area contributed by atoms with Gasteiger partial charge in [-0.25, -0.2) is 0 Å². The summed E-state index contributed by atoms with van der Waals surface area (Å²) in [6, 6.07) is 17.6. The molecule has 3 rings (SSSR count). The maximum Gasteiger partial charge on any atom is 0.259 e. The molecule has 0 saturated heterocycles. The number of ether oxygens (including phenoxy) is 3. The molecule has 50 heavy (non-hydrogen) atoms. The molecule has 0 unspecified atom stereocenters. The number of nitrogens with one attached hydrogen (secondary N) is 1. The van der Waals surface area contributed by atoms with Gasteiger partial charge in [0, 0.05) is 39.2 Å². The minimum absolute atomic E-state index is 0. The first-order chi connectivity index (χ1) is 23.0. The molecule has 0 spiro atoms. The highest BCUT2D eigenvalue weighted by atomic mass is 35.5. The summed E-state index contributed by atoms with van der Waals surface area (Å²) in [7, 11) is 9.01. The molecule has 3 amide bonds. The topological polar surface area (TPSA) is 127 Å². The summed E-state index contributed by atoms with van der Waals surface area (Å²) in [4.78, 5) is 44.6. The zero-order valence-corrected chi connectivity index (χ0v) is 31.7. The number of hydrogen-bond acceptors (Lipinski definition) is 8. The van der Waals surface area contributed by atoms with Crippen LogP contribution in [0.4, 0.5) is 11.4 Å². The summed E-state index contributed by atoms with van der Waals surface area (Å²) in [5, 5.41) is 2.87. The van der Waals surface area contributed by atoms with Gasteiger partial charge in [-0.1, -0.05) is 18.2 Å². The zero-order valence-electron chi connectivity index (χ0n) is 30.0. The van der Waals surface area contributed by atoms with E-state index in [9.17, 15) is 14.4 Å². The number of nitrogens with zero attached hydrogens (tertiary/aromatic N) is 3. The Bertz CT molecular complexity index is 1520. The Balaban J connectivity index is 0.00000625. The number of amides is 3. The summed E-state index contributed by atoms with van der Waals surface area (Å²) in [5.41, 5.74) is 8.38. The van der Waals surface area contributed by atoms with Crippen molar-refractivity contribution >= 4 is 53.9 Å². The van der Waals surface area contributed by atoms with Gasteiger partial charge in [0.25, 0.3) is 11.8 Å². The normalized spacial score (nSPS) is 10.4. The third-order valence-corrected chi connectivity index (χ3v) is 7.82. The van der Waals surface area contributed by atoms with Crippen molar-refractivity contribution in [3.63, 3.8) is 0 Å². The Hall–Kier alpha value is -4.03. The fourth-order valence-corrected chi connectivity index (χ4v) is 4.88. The van der Waals surface area contributed by atoms with Crippen LogP contribution in [0.5, 0.6) is 17.2 Å². The van der Waals surface area contributed by atoms with Gasteiger partial charge >= 0.3 is 0 Å². The molecule has 3 N–H and O–H groups in total. The molecule has 13 heteroatoms. The molecule has 0 saturated carbocycles. The number of benzene rings is 3. The van der Waals surface area contributed by atoms with Crippen molar-refractivity contribution in [1.82, 2.24) is 9.80 Å². The number of halogens is 2. The van der Waals surface area contributed by atoms with Crippen LogP contribution < -0.4 is 30.2 Å². The molecule has 0 fully saturated rings. The van der Waals surface area contributed by atoms with Gasteiger partial charge in [-0.3, -0.25) is 14.4 Å². The number of aryl methyl sites for hydroxylation is 1. The number of rotatable bonds is 19. The highest BCUT2D eigenvalue weighted by molar-refractivity contribution is 6.09. The van der Waals surface area contributed by atoms with Gasteiger partial charge in [0.2, 0.25) is 5.91 Å². The number of anilines is 2. The minimum Gasteiger partial charge on any atom is -0.495 e. The monoisotopic (exact) mass is 733 g/mol. The first-order valence-electron chi connectivity index (χ1n) is 16.4. The van der Waals surface area contributed by atoms with Crippen LogP contribution in [0.1, 0.15) is 58.4 Å². The number of likely N-dealkylation sites (N-methyl/N-ethyl adjacent to an activating group) is 2. The van der Waals surface area contributed by atoms with Gasteiger partial charge in [-0.05, 0) is 101 Å². The summed E-state index contributed by atoms with van der Waals surface area (Å²) in [5.74, 6) is 0.921. The van der Waals surface area contributed by atoms with Crippen LogP contribution in [0.25, 0.3) is 0 Å². The van der Waals surface area contributed by atoms with E-state index in [1.165, 1.54) is 7.11 Å². The minimum atomic E-state index is -0.367. The van der Waals surface area contributed by atoms with Gasteiger partial charge in [-0.2, -0.15) is 0 Å². The van der Waals surface area contributed by atoms with Crippen molar-refractivity contribution < 1.29 is 28.6 Å². The van der Waals surface area contributed by atoms with E-state index in [1.807, 2.05) is 46.3 Å². The van der Waals surface area contributed by atoms with E-state index in [0.29, 0.717) is 78.9 Å². The molecule has 0 aliphatic rings. The van der Waals surface area contributed by atoms with Gasteiger partial charge in [-0.15, -0.1) is 24.8 Å². The molecule has 276 valence electrons. The smallest absolute Gasteiger partial charge is 0.259 e. The summed E-state index contributed by atoms with van der Waals surface area (Å²) < 4.78 is 17.5. The molecule has 3 aromatic rings. The third-order valence-electron chi connectivity index (χ3n) is 7.82. The van der Waals surface area contributed by atoms with Gasteiger partial charge < -0.3 is 40.0 Å². The molecule has 0 aliphatic heterocycles. The lowest BCUT2D eigenvalue weighted by Gasteiger charge is -2.22. The number of nitrogens with two attached hydrogens (primary N) is 1. The number of carbonyl (C=O) groups is 3. The van der Waals surface area contributed by atoms with Crippen LogP contribution >= 0.6 is 24.8 Å². The van der Waals surface area contributed by atoms with Crippen molar-refractivity contribution in [2.24, 2.45) is 5.73 Å². The molecule has 0 atom stereocenters. The molecule has 3 aromatic carbocycles. The molecular weight excluding hydrogens is 681 g/mol. The van der Waals surface area contributed by atoms with Gasteiger partial charge in [0.05, 0.1) is 37.3 Å². The van der Waals surface area contributed by atoms with Crippen molar-refractivity contribution in [1.29, 1.82) is 0 Å². The lowest BCUT2D eigenvalue weighted by molar-refractivity contribution is -0.130. The molecule has 0 aliphatic carbocycles. The first-order valence-corrected chi connectivity index (χ1v) is 16.4. The van der Waals surface area contributed by atoms with E-state index in [4.69, 9.17) is 19.9 Å². The van der Waals surface area contributed by atoms with Crippen molar-refractivity contribution in [3.05, 3.63) is 77.4 Å². The lowest BCUT2D eigenvalue weighted by atomic mass is 10.1. The summed E-state index contributed by atoms with van der Waals surface area (Å²) >= 11 is 0. The predicted octanol–water partition coefficient (Wildman–Crippen LogP) is 6.06. The fourth-order valence-electron chi connectivity index (χ4n) is 4.88. The SMILES string of the molecule is COc1cc(C(=O)N(C)c2ccc(C)cc2OCCCCCC(=O)N(C)CCN(C)C)ccc1NC(=O)c1ccccc1OCCCN.Cl.Cl. The Kier molecular flexibility index (Phi) is 19.9. The highest BCUT2D eigenvalue weighted by Crippen LogP contribution is 2.32. The fraction of sp³-hybridized carbons (Fsp3) is 0.432. The average molecular weight is 735 g/mol. The van der Waals surface area contributed by atoms with Crippen molar-refractivity contribution in [2.45, 2.75) is 39.0 Å². The number of para-hydroxylation sites is 1. The number of unbranched alkanes of at least 4 members (excludes halogenated alkanes) is 2. The number of carbonyl (C=O) groups excluding carboxylic acids is 3. The van der Waals surface area contributed by atoms with Crippen LogP contribution in [-0.2, 0) is 4.79 Å². The van der Waals surface area contributed by atoms with E-state index in [1.54, 1.807) is 59.3 Å². The van der Waals surface area contributed by atoms with E-state index >= 15 is 0 Å². The predicted molar refractivity (Wildman–Crippen MR) is 205 cm³/mol. The van der Waals surface area contributed by atoms with Crippen molar-refractivity contribution in [2.75, 3.05) is 78.4 Å². The van der Waals surface area contributed by atoms with E-state index < -0.39 is 0 Å². The highest BCUT2D eigenvalue weighted by Gasteiger charge is 2.21. The van der Waals surface area contributed by atoms with E-state index in [0.717, 1.165) is 31.4 Å². The lowest BCUT2D eigenvalue weighted by Crippen LogP contribution is -2.33. The van der Waals surface area contributed by atoms with E-state index in [-0.39, 0.29) is 42.5 Å². The maximum atomic E-state index is 13.7. The van der Waals surface area contributed by atoms with E-state index in [2.05, 4.69) is 10.2 Å². The van der Waals surface area contributed by atoms with Crippen LogP contribution in [0.3, 0.4) is 0 Å². The number of hydrogen-bond donors (Lipinski definition) is 2. The molecule has 0 bridgehead atoms. The van der Waals surface area contributed by atoms with Crippen LogP contribution in [-0.4, -0.2) is 95.7 Å². The summed E-state index contributed by atoms with van der Waals surface area (Å²) in [6.07, 6.45) is 3.62. The standard InChI is InChI=1S/C37H51N5O6.2ClH/c1-27-16-19-31(34(25-27)48-23-11-7-8-15-35(43)41(4)22-21-40(2)3)42(5)37(45)28-17-18-30(33(26-28)46-6)39-36(44)29-13-9-10-14-32(29)47-24-12-20-38;;/h9-10,13-14,16-19,25-26H,7-8,11-12,15,20-24,38H2,1-6H3,(H,39,44);2*1H. The second kappa shape index (κ2) is 22.6. The van der Waals surface area contributed by atoms with Gasteiger partial charge in [0.15, 0.2) is 0 Å². The second-order valence-electron chi connectivity index (χ2n) is 12.0. The molecule has 0 radical (unpaired) electrons. The maximum absolute atomic E-state index is 13.7. The van der Waals surface area contributed by atoms with Crippen molar-refractivity contribution in [3.8, 4) is 17.2 Å². The van der Waals surface area contributed by atoms with Crippen LogP contribution in [0.15, 0.2) is 60.7 Å². The zero-order chi connectivity index (χ0) is 35.1. The van der Waals surface area contributed by atoms with Crippen LogP contribution in [0.2, 0.25) is 0 Å².